The van der Waals surface area contributed by atoms with Crippen molar-refractivity contribution in [2.24, 2.45) is 10.9 Å². The summed E-state index contributed by atoms with van der Waals surface area (Å²) >= 11 is 1.62. The number of thiophene rings is 1. The molecule has 0 unspecified atom stereocenters. The summed E-state index contributed by atoms with van der Waals surface area (Å²) in [5.74, 6) is -0.739. The van der Waals surface area contributed by atoms with E-state index in [9.17, 15) is 4.39 Å². The molecule has 1 heterocycles. The number of nitrogens with zero attached hydrogens (tertiary/aromatic N) is 2. The minimum atomic E-state index is -0.508. The molecule has 100 valence electrons. The largest absolute Gasteiger partial charge is 0.409 e. The van der Waals surface area contributed by atoms with Gasteiger partial charge < -0.3 is 15.8 Å². The van der Waals surface area contributed by atoms with Gasteiger partial charge in [0.2, 0.25) is 0 Å². The number of hydrogen-bond acceptors (Lipinski definition) is 4. The maximum atomic E-state index is 13.8. The average molecular weight is 279 g/mol. The number of benzene rings is 1. The van der Waals surface area contributed by atoms with E-state index in [0.717, 1.165) is 4.88 Å². The second-order valence-electron chi connectivity index (χ2n) is 4.05. The zero-order valence-corrected chi connectivity index (χ0v) is 11.2. The van der Waals surface area contributed by atoms with Crippen LogP contribution in [0, 0.1) is 5.82 Å². The molecular formula is C13H14FN3OS. The van der Waals surface area contributed by atoms with E-state index in [0.29, 0.717) is 12.2 Å². The SMILES string of the molecule is CN(Cc1cccs1)c1cccc(F)c1C(N)=NO. The molecule has 19 heavy (non-hydrogen) atoms. The minimum Gasteiger partial charge on any atom is -0.409 e. The van der Waals surface area contributed by atoms with Gasteiger partial charge in [-0.15, -0.1) is 11.3 Å². The molecule has 0 aliphatic rings. The summed E-state index contributed by atoms with van der Waals surface area (Å²) < 4.78 is 13.8. The van der Waals surface area contributed by atoms with Crippen LogP contribution in [0.15, 0.2) is 40.9 Å². The van der Waals surface area contributed by atoms with Crippen molar-refractivity contribution < 1.29 is 9.60 Å². The minimum absolute atomic E-state index is 0.115. The first-order valence-corrected chi connectivity index (χ1v) is 6.51. The second kappa shape index (κ2) is 5.71. The molecule has 0 radical (unpaired) electrons. The third kappa shape index (κ3) is 2.85. The van der Waals surface area contributed by atoms with Gasteiger partial charge in [-0.25, -0.2) is 4.39 Å². The van der Waals surface area contributed by atoms with Crippen LogP contribution >= 0.6 is 11.3 Å². The number of hydrogen-bond donors (Lipinski definition) is 2. The number of oxime groups is 1. The first-order valence-electron chi connectivity index (χ1n) is 5.63. The Kier molecular flexibility index (Phi) is 4.01. The van der Waals surface area contributed by atoms with Gasteiger partial charge in [-0.3, -0.25) is 0 Å². The van der Waals surface area contributed by atoms with Crippen molar-refractivity contribution in [3.8, 4) is 0 Å². The van der Waals surface area contributed by atoms with Crippen LogP contribution in [0.1, 0.15) is 10.4 Å². The fourth-order valence-electron chi connectivity index (χ4n) is 1.86. The van der Waals surface area contributed by atoms with Gasteiger partial charge in [-0.05, 0) is 23.6 Å². The highest BCUT2D eigenvalue weighted by Crippen LogP contribution is 2.24. The second-order valence-corrected chi connectivity index (χ2v) is 5.09. The Morgan fingerprint density at radius 2 is 2.21 bits per heavy atom. The third-order valence-corrected chi connectivity index (χ3v) is 3.60. The van der Waals surface area contributed by atoms with Crippen LogP contribution in [-0.2, 0) is 6.54 Å². The van der Waals surface area contributed by atoms with Crippen LogP contribution in [0.25, 0.3) is 0 Å². The Labute approximate surface area is 114 Å². The lowest BCUT2D eigenvalue weighted by molar-refractivity contribution is 0.318. The summed E-state index contributed by atoms with van der Waals surface area (Å²) in [6, 6.07) is 8.59. The van der Waals surface area contributed by atoms with Crippen LogP contribution in [0.4, 0.5) is 10.1 Å². The summed E-state index contributed by atoms with van der Waals surface area (Å²) in [6.07, 6.45) is 0. The molecule has 0 spiro atoms. The fourth-order valence-corrected chi connectivity index (χ4v) is 2.61. The van der Waals surface area contributed by atoms with E-state index in [2.05, 4.69) is 5.16 Å². The zero-order chi connectivity index (χ0) is 13.8. The molecule has 6 heteroatoms. The Hall–Kier alpha value is -2.08. The van der Waals surface area contributed by atoms with Crippen molar-refractivity contribution in [3.63, 3.8) is 0 Å². The molecule has 2 aromatic rings. The van der Waals surface area contributed by atoms with Crippen molar-refractivity contribution in [1.82, 2.24) is 0 Å². The Morgan fingerprint density at radius 3 is 2.84 bits per heavy atom. The predicted octanol–water partition coefficient (Wildman–Crippen LogP) is 2.62. The molecule has 1 aromatic heterocycles. The molecular weight excluding hydrogens is 265 g/mol. The van der Waals surface area contributed by atoms with E-state index < -0.39 is 5.82 Å². The molecule has 0 amide bonds. The van der Waals surface area contributed by atoms with Crippen LogP contribution in [0.3, 0.4) is 0 Å². The lowest BCUT2D eigenvalue weighted by Gasteiger charge is -2.21. The fraction of sp³-hybridized carbons (Fsp3) is 0.154. The highest BCUT2D eigenvalue weighted by atomic mass is 32.1. The van der Waals surface area contributed by atoms with Crippen molar-refractivity contribution in [2.45, 2.75) is 6.54 Å². The summed E-state index contributed by atoms with van der Waals surface area (Å²) in [7, 11) is 1.84. The van der Waals surface area contributed by atoms with Gasteiger partial charge in [0.15, 0.2) is 5.84 Å². The summed E-state index contributed by atoms with van der Waals surface area (Å²) in [5.41, 5.74) is 6.24. The monoisotopic (exact) mass is 279 g/mol. The molecule has 1 aromatic carbocycles. The molecule has 0 saturated heterocycles. The van der Waals surface area contributed by atoms with Crippen molar-refractivity contribution in [1.29, 1.82) is 0 Å². The number of amidine groups is 1. The highest BCUT2D eigenvalue weighted by Gasteiger charge is 2.16. The summed E-state index contributed by atoms with van der Waals surface area (Å²) in [6.45, 7) is 0.632. The number of anilines is 1. The molecule has 3 N–H and O–H groups in total. The van der Waals surface area contributed by atoms with Crippen molar-refractivity contribution >= 4 is 22.9 Å². The van der Waals surface area contributed by atoms with E-state index in [1.54, 1.807) is 23.5 Å². The summed E-state index contributed by atoms with van der Waals surface area (Å²) in [5, 5.41) is 13.6. The van der Waals surface area contributed by atoms with Gasteiger partial charge >= 0.3 is 0 Å². The highest BCUT2D eigenvalue weighted by molar-refractivity contribution is 7.09. The van der Waals surface area contributed by atoms with Crippen LogP contribution in [-0.4, -0.2) is 18.1 Å². The van der Waals surface area contributed by atoms with E-state index in [1.807, 2.05) is 29.5 Å². The summed E-state index contributed by atoms with van der Waals surface area (Å²) in [4.78, 5) is 3.01. The van der Waals surface area contributed by atoms with Gasteiger partial charge in [0.05, 0.1) is 17.8 Å². The Bertz CT molecular complexity index is 584. The first-order chi connectivity index (χ1) is 9.13. The number of halogens is 1. The molecule has 0 aliphatic heterocycles. The van der Waals surface area contributed by atoms with Gasteiger partial charge in [-0.2, -0.15) is 0 Å². The molecule has 4 nitrogen and oxygen atoms in total. The van der Waals surface area contributed by atoms with Crippen molar-refractivity contribution in [2.75, 3.05) is 11.9 Å². The average Bonchev–Trinajstić information content (AvgIpc) is 2.90. The zero-order valence-electron chi connectivity index (χ0n) is 10.4. The Balaban J connectivity index is 2.36. The molecule has 0 atom stereocenters. The predicted molar refractivity (Wildman–Crippen MR) is 75.3 cm³/mol. The van der Waals surface area contributed by atoms with Gasteiger partial charge in [0, 0.05) is 11.9 Å². The first kappa shape index (κ1) is 13.4. The van der Waals surface area contributed by atoms with E-state index >= 15 is 0 Å². The maximum absolute atomic E-state index is 13.8. The van der Waals surface area contributed by atoms with E-state index in [1.165, 1.54) is 6.07 Å². The quantitative estimate of drug-likeness (QED) is 0.391. The van der Waals surface area contributed by atoms with Gasteiger partial charge in [0.25, 0.3) is 0 Å². The van der Waals surface area contributed by atoms with Gasteiger partial charge in [-0.1, -0.05) is 17.3 Å². The Morgan fingerprint density at radius 1 is 1.42 bits per heavy atom. The van der Waals surface area contributed by atoms with Crippen molar-refractivity contribution in [3.05, 3.63) is 52.0 Å². The molecule has 0 aliphatic carbocycles. The third-order valence-electron chi connectivity index (χ3n) is 2.74. The standard InChI is InChI=1S/C13H14FN3OS/c1-17(8-9-4-3-7-19-9)11-6-2-5-10(14)12(11)13(15)16-18/h2-7,18H,8H2,1H3,(H2,15,16). The maximum Gasteiger partial charge on any atom is 0.175 e. The van der Waals surface area contributed by atoms with Gasteiger partial charge in [0.1, 0.15) is 5.82 Å². The van der Waals surface area contributed by atoms with Crippen LogP contribution in [0.5, 0.6) is 0 Å². The van der Waals surface area contributed by atoms with E-state index in [4.69, 9.17) is 10.9 Å². The topological polar surface area (TPSA) is 61.8 Å². The number of nitrogens with two attached hydrogens (primary N) is 1. The molecule has 0 bridgehead atoms. The lowest BCUT2D eigenvalue weighted by Crippen LogP contribution is -2.23. The normalized spacial score (nSPS) is 11.6. The number of rotatable bonds is 4. The smallest absolute Gasteiger partial charge is 0.175 e. The molecule has 0 fully saturated rings. The lowest BCUT2D eigenvalue weighted by atomic mass is 10.1. The van der Waals surface area contributed by atoms with E-state index in [-0.39, 0.29) is 11.4 Å². The molecule has 0 saturated carbocycles. The van der Waals surface area contributed by atoms with Crippen LogP contribution < -0.4 is 10.6 Å². The molecule has 2 rings (SSSR count). The van der Waals surface area contributed by atoms with Crippen LogP contribution in [0.2, 0.25) is 0 Å².